The lowest BCUT2D eigenvalue weighted by molar-refractivity contribution is 1.30. The van der Waals surface area contributed by atoms with Gasteiger partial charge in [-0.1, -0.05) is 11.6 Å². The lowest BCUT2D eigenvalue weighted by Gasteiger charge is -2.01. The molecule has 66 valence electrons. The van der Waals surface area contributed by atoms with Gasteiger partial charge >= 0.3 is 0 Å². The molecule has 0 atom stereocenters. The maximum Gasteiger partial charge on any atom is 0.250 e. The van der Waals surface area contributed by atoms with Gasteiger partial charge in [0.1, 0.15) is 0 Å². The number of fused-ring (bicyclic) bond motifs is 1. The van der Waals surface area contributed by atoms with Crippen molar-refractivity contribution in [1.29, 1.82) is 0 Å². The van der Waals surface area contributed by atoms with Crippen LogP contribution in [0.2, 0.25) is 0 Å². The van der Waals surface area contributed by atoms with Gasteiger partial charge in [0.2, 0.25) is 5.56 Å². The zero-order valence-corrected chi connectivity index (χ0v) is 7.29. The molecular weight excluding hydrogens is 164 g/mol. The number of anilines is 1. The van der Waals surface area contributed by atoms with Crippen LogP contribution in [0.5, 0.6) is 0 Å². The summed E-state index contributed by atoms with van der Waals surface area (Å²) >= 11 is 0. The number of aromatic nitrogens is 1. The summed E-state index contributed by atoms with van der Waals surface area (Å²) in [6, 6.07) is 7.17. The van der Waals surface area contributed by atoms with Crippen molar-refractivity contribution in [3.05, 3.63) is 40.2 Å². The number of pyridine rings is 1. The lowest BCUT2D eigenvalue weighted by Crippen LogP contribution is -2.06. The third kappa shape index (κ3) is 1.28. The molecule has 3 heteroatoms. The average Bonchev–Trinajstić information content (AvgIpc) is 2.06. The zero-order chi connectivity index (χ0) is 9.42. The number of benzene rings is 1. The summed E-state index contributed by atoms with van der Waals surface area (Å²) in [6.45, 7) is 1.99. The van der Waals surface area contributed by atoms with E-state index in [0.717, 1.165) is 16.5 Å². The number of hydrogen-bond donors (Lipinski definition) is 2. The second-order valence-electron chi connectivity index (χ2n) is 3.14. The first kappa shape index (κ1) is 7.86. The molecular formula is C10H10N2O. The molecule has 0 radical (unpaired) electrons. The first-order chi connectivity index (χ1) is 6.16. The summed E-state index contributed by atoms with van der Waals surface area (Å²) < 4.78 is 0. The Labute approximate surface area is 75.2 Å². The highest BCUT2D eigenvalue weighted by atomic mass is 16.1. The predicted molar refractivity (Wildman–Crippen MR) is 53.7 cm³/mol. The van der Waals surface area contributed by atoms with Crippen LogP contribution in [0.4, 0.5) is 5.69 Å². The first-order valence-corrected chi connectivity index (χ1v) is 4.06. The molecule has 3 nitrogen and oxygen atoms in total. The molecule has 3 N–H and O–H groups in total. The van der Waals surface area contributed by atoms with Gasteiger partial charge in [0.05, 0.1) is 5.52 Å². The lowest BCUT2D eigenvalue weighted by atomic mass is 10.1. The fraction of sp³-hybridized carbons (Fsp3) is 0.100. The van der Waals surface area contributed by atoms with Crippen LogP contribution in [0.25, 0.3) is 10.9 Å². The molecule has 0 saturated heterocycles. The minimum absolute atomic E-state index is 0.158. The van der Waals surface area contributed by atoms with Crippen LogP contribution < -0.4 is 11.3 Å². The minimum atomic E-state index is -0.158. The van der Waals surface area contributed by atoms with Crippen LogP contribution in [0.3, 0.4) is 0 Å². The summed E-state index contributed by atoms with van der Waals surface area (Å²) in [5.41, 5.74) is 8.00. The van der Waals surface area contributed by atoms with Gasteiger partial charge in [-0.2, -0.15) is 0 Å². The molecule has 1 heterocycles. The van der Waals surface area contributed by atoms with E-state index in [1.54, 1.807) is 0 Å². The van der Waals surface area contributed by atoms with Crippen molar-refractivity contribution in [3.8, 4) is 0 Å². The third-order valence-corrected chi connectivity index (χ3v) is 2.03. The normalized spacial score (nSPS) is 10.5. The van der Waals surface area contributed by atoms with Crippen molar-refractivity contribution in [2.24, 2.45) is 0 Å². The number of aryl methyl sites for hydroxylation is 1. The van der Waals surface area contributed by atoms with Crippen molar-refractivity contribution in [2.75, 3.05) is 5.73 Å². The molecule has 2 aromatic rings. The summed E-state index contributed by atoms with van der Waals surface area (Å²) in [6.07, 6.45) is 0. The van der Waals surface area contributed by atoms with Crippen LogP contribution in [-0.2, 0) is 0 Å². The number of aromatic amines is 1. The largest absolute Gasteiger partial charge is 0.398 e. The quantitative estimate of drug-likeness (QED) is 0.634. The highest BCUT2D eigenvalue weighted by molar-refractivity contribution is 5.90. The number of nitrogens with two attached hydrogens (primary N) is 1. The van der Waals surface area contributed by atoms with Gasteiger partial charge < -0.3 is 10.7 Å². The van der Waals surface area contributed by atoms with Gasteiger partial charge in [-0.05, 0) is 19.1 Å². The second kappa shape index (κ2) is 2.62. The number of hydrogen-bond acceptors (Lipinski definition) is 2. The van der Waals surface area contributed by atoms with E-state index in [4.69, 9.17) is 5.73 Å². The maximum absolute atomic E-state index is 11.1. The maximum atomic E-state index is 11.1. The Balaban J connectivity index is 2.95. The van der Waals surface area contributed by atoms with Gasteiger partial charge in [0, 0.05) is 17.1 Å². The average molecular weight is 174 g/mol. The molecule has 13 heavy (non-hydrogen) atoms. The Morgan fingerprint density at radius 2 is 2.08 bits per heavy atom. The molecule has 0 unspecified atom stereocenters. The Hall–Kier alpha value is -1.77. The third-order valence-electron chi connectivity index (χ3n) is 2.03. The highest BCUT2D eigenvalue weighted by Gasteiger charge is 1.99. The van der Waals surface area contributed by atoms with Gasteiger partial charge in [0.15, 0.2) is 0 Å². The Bertz CT molecular complexity index is 514. The van der Waals surface area contributed by atoms with E-state index in [1.807, 2.05) is 25.1 Å². The van der Waals surface area contributed by atoms with E-state index < -0.39 is 0 Å². The fourth-order valence-corrected chi connectivity index (χ4v) is 1.39. The van der Waals surface area contributed by atoms with E-state index in [9.17, 15) is 4.79 Å². The first-order valence-electron chi connectivity index (χ1n) is 4.06. The standard InChI is InChI=1S/C10H10N2O/c1-6-2-3-9-7(4-6)8(11)5-10(13)12-9/h2-5H,1H3,(H3,11,12,13). The molecule has 0 aliphatic carbocycles. The highest BCUT2D eigenvalue weighted by Crippen LogP contribution is 2.17. The number of nitrogen functional groups attached to an aromatic ring is 1. The van der Waals surface area contributed by atoms with Gasteiger partial charge in [0.25, 0.3) is 0 Å². The number of nitrogens with one attached hydrogen (secondary N) is 1. The van der Waals surface area contributed by atoms with Crippen LogP contribution in [0, 0.1) is 6.92 Å². The summed E-state index contributed by atoms with van der Waals surface area (Å²) in [5.74, 6) is 0. The van der Waals surface area contributed by atoms with Crippen molar-refractivity contribution in [3.63, 3.8) is 0 Å². The number of rotatable bonds is 0. The van der Waals surface area contributed by atoms with Crippen LogP contribution in [0.1, 0.15) is 5.56 Å². The molecule has 2 rings (SSSR count). The molecule has 0 bridgehead atoms. The molecule has 1 aromatic heterocycles. The van der Waals surface area contributed by atoms with Gasteiger partial charge in [-0.3, -0.25) is 4.79 Å². The topological polar surface area (TPSA) is 58.9 Å². The summed E-state index contributed by atoms with van der Waals surface area (Å²) in [7, 11) is 0. The van der Waals surface area contributed by atoms with Gasteiger partial charge in [-0.15, -0.1) is 0 Å². The Morgan fingerprint density at radius 1 is 1.31 bits per heavy atom. The SMILES string of the molecule is Cc1ccc2[nH]c(=O)cc(N)c2c1. The monoisotopic (exact) mass is 174 g/mol. The molecule has 0 aliphatic heterocycles. The van der Waals surface area contributed by atoms with Crippen molar-refractivity contribution in [1.82, 2.24) is 4.98 Å². The van der Waals surface area contributed by atoms with Crippen LogP contribution in [0.15, 0.2) is 29.1 Å². The molecule has 1 aromatic carbocycles. The van der Waals surface area contributed by atoms with Crippen LogP contribution >= 0.6 is 0 Å². The smallest absolute Gasteiger partial charge is 0.250 e. The fourth-order valence-electron chi connectivity index (χ4n) is 1.39. The van der Waals surface area contributed by atoms with E-state index in [-0.39, 0.29) is 5.56 Å². The predicted octanol–water partition coefficient (Wildman–Crippen LogP) is 1.42. The minimum Gasteiger partial charge on any atom is -0.398 e. The molecule has 0 saturated carbocycles. The Kier molecular flexibility index (Phi) is 1.59. The van der Waals surface area contributed by atoms with E-state index in [1.165, 1.54) is 6.07 Å². The zero-order valence-electron chi connectivity index (χ0n) is 7.29. The van der Waals surface area contributed by atoms with Gasteiger partial charge in [-0.25, -0.2) is 0 Å². The molecule has 0 amide bonds. The number of H-pyrrole nitrogens is 1. The Morgan fingerprint density at radius 3 is 2.85 bits per heavy atom. The summed E-state index contributed by atoms with van der Waals surface area (Å²) in [5, 5.41) is 0.902. The molecule has 0 spiro atoms. The molecule has 0 aliphatic rings. The van der Waals surface area contributed by atoms with Crippen molar-refractivity contribution < 1.29 is 0 Å². The van der Waals surface area contributed by atoms with Crippen molar-refractivity contribution in [2.45, 2.75) is 6.92 Å². The van der Waals surface area contributed by atoms with Crippen molar-refractivity contribution >= 4 is 16.6 Å². The van der Waals surface area contributed by atoms with Crippen LogP contribution in [-0.4, -0.2) is 4.98 Å². The van der Waals surface area contributed by atoms with E-state index >= 15 is 0 Å². The van der Waals surface area contributed by atoms with E-state index in [2.05, 4.69) is 4.98 Å². The molecule has 0 fully saturated rings. The van der Waals surface area contributed by atoms with E-state index in [0.29, 0.717) is 5.69 Å². The second-order valence-corrected chi connectivity index (χ2v) is 3.14. The summed E-state index contributed by atoms with van der Waals surface area (Å²) in [4.78, 5) is 13.8.